The Morgan fingerprint density at radius 1 is 1.22 bits per heavy atom. The molecule has 0 radical (unpaired) electrons. The van der Waals surface area contributed by atoms with Crippen molar-refractivity contribution in [3.05, 3.63) is 0 Å². The molecule has 1 amide bonds. The highest BCUT2D eigenvalue weighted by Gasteiger charge is 2.25. The van der Waals surface area contributed by atoms with Crippen molar-refractivity contribution >= 4 is 11.7 Å². The lowest BCUT2D eigenvalue weighted by atomic mass is 9.86. The summed E-state index contributed by atoms with van der Waals surface area (Å²) < 4.78 is 0. The highest BCUT2D eigenvalue weighted by atomic mass is 16.2. The molecule has 1 atom stereocenters. The second kappa shape index (κ2) is 8.25. The predicted molar refractivity (Wildman–Crippen MR) is 74.2 cm³/mol. The van der Waals surface area contributed by atoms with Crippen molar-refractivity contribution < 1.29 is 9.59 Å². The van der Waals surface area contributed by atoms with Crippen LogP contribution in [-0.4, -0.2) is 24.3 Å². The second-order valence-electron chi connectivity index (χ2n) is 5.99. The van der Waals surface area contributed by atoms with Crippen molar-refractivity contribution in [1.29, 1.82) is 0 Å². The number of hydrogen-bond donors (Lipinski definition) is 2. The van der Waals surface area contributed by atoms with E-state index in [2.05, 4.69) is 26.1 Å². The zero-order chi connectivity index (χ0) is 14.2. The molecule has 0 aliphatic heterocycles. The minimum atomic E-state index is -0.352. The first-order valence-electron chi connectivity index (χ1n) is 6.82. The monoisotopic (exact) mass is 256 g/mol. The number of Topliss-reactive ketones (excluding diaryl/α,β-unsaturated/α-hetero) is 1. The van der Waals surface area contributed by atoms with E-state index in [1.54, 1.807) is 0 Å². The van der Waals surface area contributed by atoms with Gasteiger partial charge >= 0.3 is 0 Å². The summed E-state index contributed by atoms with van der Waals surface area (Å²) in [5.41, 5.74) is 5.39. The zero-order valence-electron chi connectivity index (χ0n) is 12.2. The Kier molecular flexibility index (Phi) is 7.83. The Hall–Kier alpha value is -0.900. The molecule has 0 saturated carbocycles. The van der Waals surface area contributed by atoms with Crippen molar-refractivity contribution in [3.8, 4) is 0 Å². The first kappa shape index (κ1) is 17.1. The van der Waals surface area contributed by atoms with Gasteiger partial charge in [-0.15, -0.1) is 0 Å². The van der Waals surface area contributed by atoms with E-state index in [9.17, 15) is 9.59 Å². The van der Waals surface area contributed by atoms with Crippen molar-refractivity contribution in [2.75, 3.05) is 6.54 Å². The molecule has 0 aromatic carbocycles. The van der Waals surface area contributed by atoms with Crippen molar-refractivity contribution in [3.63, 3.8) is 0 Å². The largest absolute Gasteiger partial charge is 0.346 e. The number of nitrogens with one attached hydrogen (secondary N) is 1. The molecule has 4 nitrogen and oxygen atoms in total. The number of carbonyl (C=O) groups is 2. The molecular formula is C14H28N2O2. The minimum Gasteiger partial charge on any atom is -0.346 e. The summed E-state index contributed by atoms with van der Waals surface area (Å²) in [6.07, 6.45) is 3.09. The Balaban J connectivity index is 4.47. The van der Waals surface area contributed by atoms with E-state index in [-0.39, 0.29) is 23.1 Å². The molecule has 0 bridgehead atoms. The number of ketones is 1. The fraction of sp³-hybridized carbons (Fsp3) is 0.857. The lowest BCUT2D eigenvalue weighted by molar-refractivity contribution is -0.128. The standard InChI is InChI=1S/C14H28N2O2/c1-5-7-12(17)11(10-14(2,3)4)16-13(18)8-6-9-15/h11H,5-10,15H2,1-4H3,(H,16,18)/t11-/m0/s1. The summed E-state index contributed by atoms with van der Waals surface area (Å²) in [7, 11) is 0. The fourth-order valence-electron chi connectivity index (χ4n) is 1.81. The van der Waals surface area contributed by atoms with Crippen LogP contribution in [0, 0.1) is 5.41 Å². The van der Waals surface area contributed by atoms with Crippen LogP contribution in [0.5, 0.6) is 0 Å². The predicted octanol–water partition coefficient (Wildman–Crippen LogP) is 2.02. The zero-order valence-corrected chi connectivity index (χ0v) is 12.2. The number of rotatable bonds is 8. The van der Waals surface area contributed by atoms with Gasteiger partial charge in [-0.05, 0) is 31.2 Å². The summed E-state index contributed by atoms with van der Waals surface area (Å²) in [4.78, 5) is 23.7. The van der Waals surface area contributed by atoms with Gasteiger partial charge in [0.15, 0.2) is 5.78 Å². The first-order valence-corrected chi connectivity index (χ1v) is 6.82. The van der Waals surface area contributed by atoms with Crippen LogP contribution >= 0.6 is 0 Å². The molecular weight excluding hydrogens is 228 g/mol. The second-order valence-corrected chi connectivity index (χ2v) is 5.99. The normalized spacial score (nSPS) is 13.2. The van der Waals surface area contributed by atoms with Crippen LogP contribution in [0.3, 0.4) is 0 Å². The first-order chi connectivity index (χ1) is 8.30. The maximum Gasteiger partial charge on any atom is 0.220 e. The van der Waals surface area contributed by atoms with Gasteiger partial charge in [-0.3, -0.25) is 9.59 Å². The summed E-state index contributed by atoms with van der Waals surface area (Å²) >= 11 is 0. The lowest BCUT2D eigenvalue weighted by Gasteiger charge is -2.26. The summed E-state index contributed by atoms with van der Waals surface area (Å²) in [5, 5.41) is 2.85. The molecule has 106 valence electrons. The average Bonchev–Trinajstić information content (AvgIpc) is 2.24. The molecule has 0 spiro atoms. The average molecular weight is 256 g/mol. The number of hydrogen-bond acceptors (Lipinski definition) is 3. The number of carbonyl (C=O) groups excluding carboxylic acids is 2. The SMILES string of the molecule is CCCC(=O)[C@H](CC(C)(C)C)NC(=O)CCCN. The van der Waals surface area contributed by atoms with Gasteiger partial charge < -0.3 is 11.1 Å². The molecule has 3 N–H and O–H groups in total. The minimum absolute atomic E-state index is 0.0230. The highest BCUT2D eigenvalue weighted by Crippen LogP contribution is 2.22. The molecule has 0 fully saturated rings. The van der Waals surface area contributed by atoms with Gasteiger partial charge in [-0.2, -0.15) is 0 Å². The fourth-order valence-corrected chi connectivity index (χ4v) is 1.81. The van der Waals surface area contributed by atoms with E-state index in [0.29, 0.717) is 32.2 Å². The molecule has 0 aromatic rings. The third-order valence-electron chi connectivity index (χ3n) is 2.64. The summed E-state index contributed by atoms with van der Waals surface area (Å²) in [5.74, 6) is 0.0627. The molecule has 0 unspecified atom stereocenters. The van der Waals surface area contributed by atoms with Crippen LogP contribution in [0.15, 0.2) is 0 Å². The van der Waals surface area contributed by atoms with Crippen LogP contribution in [0.25, 0.3) is 0 Å². The topological polar surface area (TPSA) is 72.2 Å². The van der Waals surface area contributed by atoms with Gasteiger partial charge in [0.25, 0.3) is 0 Å². The Labute approximate surface area is 111 Å². The van der Waals surface area contributed by atoms with Crippen molar-refractivity contribution in [1.82, 2.24) is 5.32 Å². The van der Waals surface area contributed by atoms with Gasteiger partial charge in [0.1, 0.15) is 0 Å². The molecule has 0 rings (SSSR count). The van der Waals surface area contributed by atoms with E-state index in [0.717, 1.165) is 6.42 Å². The molecule has 0 aromatic heterocycles. The van der Waals surface area contributed by atoms with E-state index in [4.69, 9.17) is 5.73 Å². The van der Waals surface area contributed by atoms with Gasteiger partial charge in [0.05, 0.1) is 6.04 Å². The molecule has 0 aliphatic rings. The van der Waals surface area contributed by atoms with Gasteiger partial charge in [-0.25, -0.2) is 0 Å². The lowest BCUT2D eigenvalue weighted by Crippen LogP contribution is -2.43. The number of amides is 1. The quantitative estimate of drug-likeness (QED) is 0.698. The third-order valence-corrected chi connectivity index (χ3v) is 2.64. The third kappa shape index (κ3) is 8.23. The van der Waals surface area contributed by atoms with Gasteiger partial charge in [-0.1, -0.05) is 27.7 Å². The van der Waals surface area contributed by atoms with Gasteiger partial charge in [0.2, 0.25) is 5.91 Å². The smallest absolute Gasteiger partial charge is 0.220 e. The van der Waals surface area contributed by atoms with Crippen molar-refractivity contribution in [2.24, 2.45) is 11.1 Å². The van der Waals surface area contributed by atoms with Crippen LogP contribution in [-0.2, 0) is 9.59 Å². The molecule has 0 aliphatic carbocycles. The highest BCUT2D eigenvalue weighted by molar-refractivity contribution is 5.89. The van der Waals surface area contributed by atoms with E-state index >= 15 is 0 Å². The summed E-state index contributed by atoms with van der Waals surface area (Å²) in [6.45, 7) is 8.70. The van der Waals surface area contributed by atoms with Crippen LogP contribution in [0.2, 0.25) is 0 Å². The molecule has 0 saturated heterocycles. The number of nitrogens with two attached hydrogens (primary N) is 1. The Morgan fingerprint density at radius 2 is 1.83 bits per heavy atom. The van der Waals surface area contributed by atoms with Crippen molar-refractivity contribution in [2.45, 2.75) is 65.8 Å². The Morgan fingerprint density at radius 3 is 2.28 bits per heavy atom. The summed E-state index contributed by atoms with van der Waals surface area (Å²) in [6, 6.07) is -0.352. The molecule has 0 heterocycles. The van der Waals surface area contributed by atoms with Gasteiger partial charge in [0, 0.05) is 12.8 Å². The van der Waals surface area contributed by atoms with E-state index < -0.39 is 0 Å². The maximum absolute atomic E-state index is 12.0. The van der Waals surface area contributed by atoms with Crippen LogP contribution in [0.1, 0.15) is 59.8 Å². The molecule has 18 heavy (non-hydrogen) atoms. The van der Waals surface area contributed by atoms with E-state index in [1.807, 2.05) is 6.92 Å². The maximum atomic E-state index is 12.0. The Bertz CT molecular complexity index is 269. The molecule has 4 heteroatoms. The van der Waals surface area contributed by atoms with E-state index in [1.165, 1.54) is 0 Å². The van der Waals surface area contributed by atoms with Crippen LogP contribution < -0.4 is 11.1 Å². The van der Waals surface area contributed by atoms with Crippen LogP contribution in [0.4, 0.5) is 0 Å².